The summed E-state index contributed by atoms with van der Waals surface area (Å²) in [6, 6.07) is 18.9. The lowest BCUT2D eigenvalue weighted by atomic mass is 9.96. The molecule has 34 heavy (non-hydrogen) atoms. The van der Waals surface area contributed by atoms with E-state index >= 15 is 0 Å². The molecular weight excluding hydrogens is 560 g/mol. The number of imidazole rings is 2. The summed E-state index contributed by atoms with van der Waals surface area (Å²) in [6.45, 7) is 0. The Labute approximate surface area is 206 Å². The Morgan fingerprint density at radius 1 is 0.588 bits per heavy atom. The molecule has 8 heteroatoms. The molecule has 0 aliphatic rings. The Kier molecular flexibility index (Phi) is 3.36. The number of rotatable bonds is 0. The van der Waals surface area contributed by atoms with Crippen molar-refractivity contribution in [1.29, 1.82) is 0 Å². The zero-order chi connectivity index (χ0) is 22.9. The third-order valence-corrected chi connectivity index (χ3v) is 8.00. The topological polar surface area (TPSA) is 68.7 Å². The van der Waals surface area contributed by atoms with Gasteiger partial charge in [-0.1, -0.05) is 24.3 Å². The summed E-state index contributed by atoms with van der Waals surface area (Å²) in [6.07, 6.45) is 0. The fourth-order valence-electron chi connectivity index (χ4n) is 5.38. The average Bonchev–Trinajstić information content (AvgIpc) is 3.41. The van der Waals surface area contributed by atoms with E-state index in [-0.39, 0.29) is 11.1 Å². The molecule has 0 bridgehead atoms. The minimum absolute atomic E-state index is 0.168. The van der Waals surface area contributed by atoms with Crippen LogP contribution >= 0.6 is 31.9 Å². The van der Waals surface area contributed by atoms with Crippen molar-refractivity contribution in [3.05, 3.63) is 90.3 Å². The quantitative estimate of drug-likeness (QED) is 0.214. The van der Waals surface area contributed by atoms with Crippen molar-refractivity contribution in [3.8, 4) is 0 Å². The van der Waals surface area contributed by atoms with Crippen molar-refractivity contribution in [3.63, 3.8) is 0 Å². The summed E-state index contributed by atoms with van der Waals surface area (Å²) in [5.41, 5.74) is 3.79. The summed E-state index contributed by atoms with van der Waals surface area (Å²) in [7, 11) is 0. The van der Waals surface area contributed by atoms with Crippen LogP contribution < -0.4 is 11.1 Å². The molecule has 8 aromatic rings. The highest BCUT2D eigenvalue weighted by Crippen LogP contribution is 2.43. The molecule has 160 valence electrons. The van der Waals surface area contributed by atoms with E-state index in [1.807, 2.05) is 60.7 Å². The van der Waals surface area contributed by atoms with Crippen LogP contribution in [0.15, 0.2) is 79.2 Å². The van der Waals surface area contributed by atoms with Crippen LogP contribution in [0.25, 0.3) is 65.7 Å². The van der Waals surface area contributed by atoms with Crippen LogP contribution in [0.1, 0.15) is 0 Å². The third kappa shape index (κ3) is 2.03. The van der Waals surface area contributed by atoms with E-state index in [0.717, 1.165) is 52.6 Å². The SMILES string of the molecule is O=c1c2cc(Br)c3c4c(cc(Br)c(c24)c2nc4ccccc4n12)c(=O)n1c2ccccc2nc31. The summed E-state index contributed by atoms with van der Waals surface area (Å²) >= 11 is 7.41. The van der Waals surface area contributed by atoms with E-state index in [2.05, 4.69) is 31.9 Å². The summed E-state index contributed by atoms with van der Waals surface area (Å²) in [5, 5.41) is 4.10. The molecule has 0 amide bonds. The Balaban J connectivity index is 1.79. The molecule has 0 atom stereocenters. The molecule has 0 aliphatic heterocycles. The van der Waals surface area contributed by atoms with Gasteiger partial charge in [0.1, 0.15) is 11.3 Å². The molecule has 4 aromatic carbocycles. The number of nitrogens with zero attached hydrogens (tertiary/aromatic N) is 4. The van der Waals surface area contributed by atoms with Crippen LogP contribution in [0, 0.1) is 0 Å². The second-order valence-corrected chi connectivity index (χ2v) is 10.1. The van der Waals surface area contributed by atoms with Crippen molar-refractivity contribution in [2.75, 3.05) is 0 Å². The fraction of sp³-hybridized carbons (Fsp3) is 0. The largest absolute Gasteiger partial charge is 0.268 e. The maximum Gasteiger partial charge on any atom is 0.264 e. The van der Waals surface area contributed by atoms with Crippen LogP contribution in [-0.2, 0) is 0 Å². The van der Waals surface area contributed by atoms with Crippen molar-refractivity contribution < 1.29 is 0 Å². The number of aromatic nitrogens is 4. The smallest absolute Gasteiger partial charge is 0.264 e. The first-order valence-electron chi connectivity index (χ1n) is 10.6. The number of fused-ring (bicyclic) bond motifs is 8. The number of pyridine rings is 2. The molecular formula is C26H10Br2N4O2. The molecule has 0 saturated carbocycles. The van der Waals surface area contributed by atoms with Gasteiger partial charge < -0.3 is 0 Å². The van der Waals surface area contributed by atoms with Gasteiger partial charge in [0, 0.05) is 30.5 Å². The second kappa shape index (κ2) is 6.08. The Morgan fingerprint density at radius 2 is 1.00 bits per heavy atom. The third-order valence-electron chi connectivity index (χ3n) is 6.74. The van der Waals surface area contributed by atoms with Crippen molar-refractivity contribution in [1.82, 2.24) is 18.8 Å². The van der Waals surface area contributed by atoms with Crippen molar-refractivity contribution in [2.24, 2.45) is 0 Å². The molecule has 0 radical (unpaired) electrons. The second-order valence-electron chi connectivity index (χ2n) is 8.44. The lowest BCUT2D eigenvalue weighted by Crippen LogP contribution is -2.17. The highest BCUT2D eigenvalue weighted by Gasteiger charge is 2.25. The maximum atomic E-state index is 13.8. The van der Waals surface area contributed by atoms with E-state index in [0.29, 0.717) is 22.1 Å². The van der Waals surface area contributed by atoms with Gasteiger partial charge in [-0.3, -0.25) is 18.4 Å². The van der Waals surface area contributed by atoms with Gasteiger partial charge in [-0.25, -0.2) is 9.97 Å². The summed E-state index contributed by atoms with van der Waals surface area (Å²) in [5.74, 6) is 0. The molecule has 0 unspecified atom stereocenters. The number of hydrogen-bond donors (Lipinski definition) is 0. The van der Waals surface area contributed by atoms with Crippen LogP contribution in [0.5, 0.6) is 0 Å². The first-order chi connectivity index (χ1) is 16.5. The lowest BCUT2D eigenvalue weighted by Gasteiger charge is -2.14. The Morgan fingerprint density at radius 3 is 1.44 bits per heavy atom. The predicted molar refractivity (Wildman–Crippen MR) is 142 cm³/mol. The standard InChI is InChI=1S/C26H10Br2N4O2/c27-13-10-12-20-19-11(25(33)31-17-7-3-1-5-15(17)29-23(31)21(13)19)9-14(28)22(20)24-30-16-6-2-4-8-18(16)32(24)26(12)34/h1-10H. The van der Waals surface area contributed by atoms with Gasteiger partial charge >= 0.3 is 0 Å². The minimum Gasteiger partial charge on any atom is -0.268 e. The zero-order valence-corrected chi connectivity index (χ0v) is 20.3. The van der Waals surface area contributed by atoms with Gasteiger partial charge in [0.2, 0.25) is 0 Å². The average molecular weight is 570 g/mol. The molecule has 0 aliphatic carbocycles. The number of halogens is 2. The summed E-state index contributed by atoms with van der Waals surface area (Å²) in [4.78, 5) is 37.2. The van der Waals surface area contributed by atoms with Crippen LogP contribution in [0.3, 0.4) is 0 Å². The Hall–Kier alpha value is -3.62. The van der Waals surface area contributed by atoms with Gasteiger partial charge in [0.15, 0.2) is 0 Å². The van der Waals surface area contributed by atoms with Crippen molar-refractivity contribution in [2.45, 2.75) is 0 Å². The summed E-state index contributed by atoms with van der Waals surface area (Å²) < 4.78 is 4.75. The molecule has 0 fully saturated rings. The minimum atomic E-state index is -0.168. The lowest BCUT2D eigenvalue weighted by molar-refractivity contribution is 1.18. The number of para-hydroxylation sites is 4. The van der Waals surface area contributed by atoms with Gasteiger partial charge in [0.25, 0.3) is 11.1 Å². The van der Waals surface area contributed by atoms with Gasteiger partial charge in [-0.2, -0.15) is 0 Å². The highest BCUT2D eigenvalue weighted by atomic mass is 79.9. The molecule has 4 aromatic heterocycles. The van der Waals surface area contributed by atoms with E-state index in [4.69, 9.17) is 9.97 Å². The monoisotopic (exact) mass is 568 g/mol. The number of benzene rings is 4. The van der Waals surface area contributed by atoms with E-state index in [9.17, 15) is 9.59 Å². The van der Waals surface area contributed by atoms with Crippen molar-refractivity contribution >= 4 is 97.5 Å². The highest BCUT2D eigenvalue weighted by molar-refractivity contribution is 9.11. The van der Waals surface area contributed by atoms with Gasteiger partial charge in [-0.05, 0) is 68.3 Å². The van der Waals surface area contributed by atoms with Crippen LogP contribution in [0.2, 0.25) is 0 Å². The normalized spacial score (nSPS) is 12.6. The van der Waals surface area contributed by atoms with Crippen LogP contribution in [0.4, 0.5) is 0 Å². The molecule has 0 N–H and O–H groups in total. The molecule has 4 heterocycles. The van der Waals surface area contributed by atoms with Crippen LogP contribution in [-0.4, -0.2) is 18.8 Å². The van der Waals surface area contributed by atoms with Gasteiger partial charge in [-0.15, -0.1) is 0 Å². The fourth-order valence-corrected chi connectivity index (χ4v) is 6.59. The molecule has 0 saturated heterocycles. The van der Waals surface area contributed by atoms with E-state index in [1.165, 1.54) is 0 Å². The molecule has 0 spiro atoms. The van der Waals surface area contributed by atoms with E-state index in [1.54, 1.807) is 8.80 Å². The Bertz CT molecular complexity index is 2140. The zero-order valence-electron chi connectivity index (χ0n) is 17.1. The maximum absolute atomic E-state index is 13.8. The molecule has 6 nitrogen and oxygen atoms in total. The van der Waals surface area contributed by atoms with Gasteiger partial charge in [0.05, 0.1) is 32.8 Å². The first kappa shape index (κ1) is 18.8. The molecule has 8 rings (SSSR count). The predicted octanol–water partition coefficient (Wildman–Crippen LogP) is 5.87. The van der Waals surface area contributed by atoms with E-state index < -0.39 is 0 Å². The number of hydrogen-bond acceptors (Lipinski definition) is 4. The first-order valence-corrected chi connectivity index (χ1v) is 12.2.